The lowest BCUT2D eigenvalue weighted by Crippen LogP contribution is -2.02. The number of hydrogen-bond acceptors (Lipinski definition) is 2. The smallest absolute Gasteiger partial charge is 0.186 e. The fourth-order valence-corrected chi connectivity index (χ4v) is 1.99. The van der Waals surface area contributed by atoms with Gasteiger partial charge in [0.2, 0.25) is 0 Å². The Morgan fingerprint density at radius 1 is 1.38 bits per heavy atom. The van der Waals surface area contributed by atoms with Gasteiger partial charge >= 0.3 is 0 Å². The van der Waals surface area contributed by atoms with E-state index in [9.17, 15) is 0 Å². The zero-order valence-corrected chi connectivity index (χ0v) is 7.45. The van der Waals surface area contributed by atoms with E-state index < -0.39 is 0 Å². The number of aryl methyl sites for hydroxylation is 3. The third-order valence-corrected chi connectivity index (χ3v) is 2.68. The maximum atomic E-state index is 5.25. The highest BCUT2D eigenvalue weighted by molar-refractivity contribution is 5.64. The molecule has 0 atom stereocenters. The van der Waals surface area contributed by atoms with E-state index in [2.05, 4.69) is 22.0 Å². The third-order valence-electron chi connectivity index (χ3n) is 2.68. The van der Waals surface area contributed by atoms with E-state index >= 15 is 0 Å². The first-order valence-electron chi connectivity index (χ1n) is 4.44. The second-order valence-electron chi connectivity index (χ2n) is 3.48. The van der Waals surface area contributed by atoms with Gasteiger partial charge in [-0.2, -0.15) is 0 Å². The van der Waals surface area contributed by atoms with E-state index in [0.29, 0.717) is 0 Å². The molecule has 2 heterocycles. The van der Waals surface area contributed by atoms with Gasteiger partial charge in [-0.1, -0.05) is 5.16 Å². The Balaban J connectivity index is 2.34. The quantitative estimate of drug-likeness (QED) is 0.609. The molecule has 0 saturated carbocycles. The molecule has 1 aliphatic rings. The summed E-state index contributed by atoms with van der Waals surface area (Å²) in [4.78, 5) is 0. The highest BCUT2D eigenvalue weighted by Gasteiger charge is 2.22. The first-order valence-corrected chi connectivity index (χ1v) is 4.44. The van der Waals surface area contributed by atoms with Crippen molar-refractivity contribution >= 4 is 0 Å². The van der Waals surface area contributed by atoms with E-state index in [4.69, 9.17) is 4.52 Å². The monoisotopic (exact) mass is 174 g/mol. The minimum atomic E-state index is 0.953. The molecule has 3 heteroatoms. The summed E-state index contributed by atoms with van der Waals surface area (Å²) in [6.07, 6.45) is 6.05. The van der Waals surface area contributed by atoms with Crippen LogP contribution in [-0.2, 0) is 19.9 Å². The summed E-state index contributed by atoms with van der Waals surface area (Å²) in [6, 6.07) is 2.15. The van der Waals surface area contributed by atoms with Crippen LogP contribution in [0.4, 0.5) is 0 Å². The van der Waals surface area contributed by atoms with Gasteiger partial charge in [-0.15, -0.1) is 0 Å². The van der Waals surface area contributed by atoms with Crippen LogP contribution < -0.4 is 0 Å². The number of nitrogens with zero attached hydrogens (tertiary/aromatic N) is 2. The summed E-state index contributed by atoms with van der Waals surface area (Å²) in [5.74, 6) is 0.953. The van der Waals surface area contributed by atoms with Crippen molar-refractivity contribution in [1.82, 2.24) is 9.72 Å². The predicted octanol–water partition coefficient (Wildman–Crippen LogP) is 1.78. The molecule has 66 valence electrons. The predicted molar refractivity (Wildman–Crippen MR) is 48.3 cm³/mol. The molecule has 0 unspecified atom stereocenters. The molecule has 1 aliphatic carbocycles. The largest absolute Gasteiger partial charge is 0.354 e. The van der Waals surface area contributed by atoms with Crippen LogP contribution >= 0.6 is 0 Å². The average molecular weight is 174 g/mol. The standard InChI is InChI=1S/C10H10N2O/c1-12-5-4-7-2-3-8-6-11-13-10(8)9(7)12/h4-6H,2-3H2,1H3. The zero-order valence-electron chi connectivity index (χ0n) is 7.45. The second kappa shape index (κ2) is 2.25. The van der Waals surface area contributed by atoms with Crippen molar-refractivity contribution in [3.05, 3.63) is 29.6 Å². The van der Waals surface area contributed by atoms with E-state index in [1.165, 1.54) is 16.8 Å². The van der Waals surface area contributed by atoms with Crippen LogP contribution in [0.5, 0.6) is 0 Å². The Hall–Kier alpha value is -1.51. The van der Waals surface area contributed by atoms with Crippen molar-refractivity contribution in [1.29, 1.82) is 0 Å². The molecule has 0 N–H and O–H groups in total. The molecule has 0 spiro atoms. The van der Waals surface area contributed by atoms with Gasteiger partial charge in [0.25, 0.3) is 0 Å². The summed E-state index contributed by atoms with van der Waals surface area (Å²) < 4.78 is 7.35. The average Bonchev–Trinajstić information content (AvgIpc) is 2.70. The Kier molecular flexibility index (Phi) is 1.20. The Bertz CT molecular complexity index is 453. The highest BCUT2D eigenvalue weighted by atomic mass is 16.5. The van der Waals surface area contributed by atoms with Crippen molar-refractivity contribution in [2.75, 3.05) is 0 Å². The van der Waals surface area contributed by atoms with Gasteiger partial charge in [0.15, 0.2) is 5.76 Å². The molecule has 0 bridgehead atoms. The van der Waals surface area contributed by atoms with Crippen LogP contribution in [-0.4, -0.2) is 9.72 Å². The minimum absolute atomic E-state index is 0.953. The lowest BCUT2D eigenvalue weighted by molar-refractivity contribution is 0.428. The van der Waals surface area contributed by atoms with Crippen molar-refractivity contribution < 1.29 is 4.52 Å². The molecule has 13 heavy (non-hydrogen) atoms. The summed E-state index contributed by atoms with van der Waals surface area (Å²) in [7, 11) is 2.04. The van der Waals surface area contributed by atoms with Gasteiger partial charge < -0.3 is 9.09 Å². The molecule has 0 aromatic carbocycles. The van der Waals surface area contributed by atoms with Gasteiger partial charge in [0.1, 0.15) is 0 Å². The molecular weight excluding hydrogens is 164 g/mol. The van der Waals surface area contributed by atoms with Crippen molar-refractivity contribution in [2.45, 2.75) is 12.8 Å². The minimum Gasteiger partial charge on any atom is -0.354 e. The summed E-state index contributed by atoms with van der Waals surface area (Å²) in [5, 5.41) is 3.84. The van der Waals surface area contributed by atoms with E-state index in [1.54, 1.807) is 0 Å². The molecule has 0 saturated heterocycles. The Morgan fingerprint density at radius 3 is 3.15 bits per heavy atom. The Labute approximate surface area is 76.0 Å². The number of fused-ring (bicyclic) bond motifs is 3. The lowest BCUT2D eigenvalue weighted by atomic mass is 9.97. The van der Waals surface area contributed by atoms with Gasteiger partial charge in [-0.3, -0.25) is 0 Å². The van der Waals surface area contributed by atoms with Crippen molar-refractivity contribution in [2.24, 2.45) is 7.05 Å². The van der Waals surface area contributed by atoms with Crippen LogP contribution in [0.15, 0.2) is 23.0 Å². The fourth-order valence-electron chi connectivity index (χ4n) is 1.99. The Morgan fingerprint density at radius 2 is 2.23 bits per heavy atom. The second-order valence-corrected chi connectivity index (χ2v) is 3.48. The van der Waals surface area contributed by atoms with Crippen LogP contribution in [0.25, 0.3) is 11.5 Å². The SMILES string of the molecule is Cn1ccc2c1-c1oncc1CC2. The molecular formula is C10H10N2O. The zero-order chi connectivity index (χ0) is 8.84. The molecule has 2 aromatic heterocycles. The maximum Gasteiger partial charge on any atom is 0.186 e. The number of hydrogen-bond donors (Lipinski definition) is 0. The maximum absolute atomic E-state index is 5.25. The van der Waals surface area contributed by atoms with Crippen LogP contribution in [0.1, 0.15) is 11.1 Å². The van der Waals surface area contributed by atoms with E-state index in [1.807, 2.05) is 13.2 Å². The van der Waals surface area contributed by atoms with Crippen LogP contribution in [0, 0.1) is 0 Å². The molecule has 0 radical (unpaired) electrons. The normalized spacial score (nSPS) is 13.9. The fraction of sp³-hybridized carbons (Fsp3) is 0.300. The van der Waals surface area contributed by atoms with Crippen LogP contribution in [0.3, 0.4) is 0 Å². The molecule has 0 aliphatic heterocycles. The highest BCUT2D eigenvalue weighted by Crippen LogP contribution is 2.33. The van der Waals surface area contributed by atoms with Gasteiger partial charge in [0.05, 0.1) is 11.9 Å². The molecule has 3 nitrogen and oxygen atoms in total. The number of rotatable bonds is 0. The summed E-state index contributed by atoms with van der Waals surface area (Å²) in [5.41, 5.74) is 3.79. The topological polar surface area (TPSA) is 31.0 Å². The van der Waals surface area contributed by atoms with Crippen LogP contribution in [0.2, 0.25) is 0 Å². The van der Waals surface area contributed by atoms with Gasteiger partial charge in [0, 0.05) is 18.8 Å². The van der Waals surface area contributed by atoms with E-state index in [0.717, 1.165) is 18.6 Å². The first-order chi connectivity index (χ1) is 6.36. The van der Waals surface area contributed by atoms with Gasteiger partial charge in [-0.25, -0.2) is 0 Å². The van der Waals surface area contributed by atoms with E-state index in [-0.39, 0.29) is 0 Å². The number of aromatic nitrogens is 2. The molecule has 2 aromatic rings. The van der Waals surface area contributed by atoms with Crippen molar-refractivity contribution in [3.8, 4) is 11.5 Å². The third kappa shape index (κ3) is 0.813. The molecule has 0 fully saturated rings. The van der Waals surface area contributed by atoms with Crippen molar-refractivity contribution in [3.63, 3.8) is 0 Å². The molecule has 0 amide bonds. The lowest BCUT2D eigenvalue weighted by Gasteiger charge is -2.11. The molecule has 3 rings (SSSR count). The summed E-state index contributed by atoms with van der Waals surface area (Å²) >= 11 is 0. The first kappa shape index (κ1) is 6.95. The summed E-state index contributed by atoms with van der Waals surface area (Å²) in [6.45, 7) is 0. The van der Waals surface area contributed by atoms with Gasteiger partial charge in [-0.05, 0) is 24.5 Å².